The Balaban J connectivity index is 1.84. The van der Waals surface area contributed by atoms with E-state index < -0.39 is 0 Å². The van der Waals surface area contributed by atoms with Crippen molar-refractivity contribution in [2.45, 2.75) is 40.3 Å². The molecule has 1 N–H and O–H groups in total. The summed E-state index contributed by atoms with van der Waals surface area (Å²) >= 11 is 0. The van der Waals surface area contributed by atoms with E-state index in [1.807, 2.05) is 75.0 Å². The lowest BCUT2D eigenvalue weighted by molar-refractivity contribution is 0.0937. The average molecular weight is 337 g/mol. The number of rotatable bonds is 5. The third-order valence-electron chi connectivity index (χ3n) is 4.30. The molecule has 3 rings (SSSR count). The van der Waals surface area contributed by atoms with Crippen LogP contribution in [0.15, 0.2) is 42.6 Å². The largest absolute Gasteiger partial charge is 0.344 e. The SMILES string of the molecule is CCn1ccc(C(C)NC(=O)c2c(C)nn(-c3ccccc3)c2C)n1. The van der Waals surface area contributed by atoms with Gasteiger partial charge in [0, 0.05) is 12.7 Å². The number of aromatic nitrogens is 4. The van der Waals surface area contributed by atoms with Gasteiger partial charge in [-0.1, -0.05) is 18.2 Å². The lowest BCUT2D eigenvalue weighted by Gasteiger charge is -2.12. The minimum atomic E-state index is -0.167. The van der Waals surface area contributed by atoms with Crippen molar-refractivity contribution in [2.24, 2.45) is 0 Å². The summed E-state index contributed by atoms with van der Waals surface area (Å²) in [7, 11) is 0. The van der Waals surface area contributed by atoms with Crippen LogP contribution in [0.4, 0.5) is 0 Å². The zero-order valence-electron chi connectivity index (χ0n) is 15.0. The van der Waals surface area contributed by atoms with E-state index in [0.29, 0.717) is 11.3 Å². The Bertz CT molecular complexity index is 879. The molecule has 0 saturated carbocycles. The minimum absolute atomic E-state index is 0.129. The summed E-state index contributed by atoms with van der Waals surface area (Å²) in [5.41, 5.74) is 3.95. The highest BCUT2D eigenvalue weighted by molar-refractivity contribution is 5.96. The number of aryl methyl sites for hydroxylation is 2. The normalized spacial score (nSPS) is 12.2. The molecule has 1 amide bonds. The van der Waals surface area contributed by atoms with Gasteiger partial charge in [0.2, 0.25) is 0 Å². The molecule has 0 fully saturated rings. The summed E-state index contributed by atoms with van der Waals surface area (Å²) in [5, 5.41) is 12.0. The fourth-order valence-corrected chi connectivity index (χ4v) is 2.92. The van der Waals surface area contributed by atoms with Gasteiger partial charge in [-0.15, -0.1) is 0 Å². The van der Waals surface area contributed by atoms with Gasteiger partial charge in [0.05, 0.1) is 34.4 Å². The van der Waals surface area contributed by atoms with Gasteiger partial charge in [-0.25, -0.2) is 4.68 Å². The molecule has 2 aromatic heterocycles. The molecule has 0 aliphatic carbocycles. The van der Waals surface area contributed by atoms with Gasteiger partial charge in [-0.2, -0.15) is 10.2 Å². The average Bonchev–Trinajstić information content (AvgIpc) is 3.20. The Kier molecular flexibility index (Phi) is 4.70. The number of hydrogen-bond acceptors (Lipinski definition) is 3. The van der Waals surface area contributed by atoms with Gasteiger partial charge >= 0.3 is 0 Å². The van der Waals surface area contributed by atoms with E-state index in [2.05, 4.69) is 15.5 Å². The van der Waals surface area contributed by atoms with E-state index in [-0.39, 0.29) is 11.9 Å². The first-order valence-corrected chi connectivity index (χ1v) is 8.47. The van der Waals surface area contributed by atoms with E-state index in [1.54, 1.807) is 4.68 Å². The van der Waals surface area contributed by atoms with Crippen molar-refractivity contribution in [2.75, 3.05) is 0 Å². The molecule has 25 heavy (non-hydrogen) atoms. The second-order valence-corrected chi connectivity index (χ2v) is 6.08. The number of nitrogens with zero attached hydrogens (tertiary/aromatic N) is 4. The first-order chi connectivity index (χ1) is 12.0. The molecule has 1 unspecified atom stereocenters. The maximum atomic E-state index is 12.8. The summed E-state index contributed by atoms with van der Waals surface area (Å²) in [5.74, 6) is -0.129. The lowest BCUT2D eigenvalue weighted by Crippen LogP contribution is -2.28. The van der Waals surface area contributed by atoms with Crippen LogP contribution in [0.25, 0.3) is 5.69 Å². The van der Waals surface area contributed by atoms with Crippen molar-refractivity contribution >= 4 is 5.91 Å². The number of benzene rings is 1. The highest BCUT2D eigenvalue weighted by Crippen LogP contribution is 2.19. The van der Waals surface area contributed by atoms with Crippen LogP contribution in [-0.4, -0.2) is 25.5 Å². The second-order valence-electron chi connectivity index (χ2n) is 6.08. The third kappa shape index (κ3) is 3.33. The second kappa shape index (κ2) is 6.93. The maximum absolute atomic E-state index is 12.8. The van der Waals surface area contributed by atoms with Gasteiger partial charge in [0.25, 0.3) is 5.91 Å². The van der Waals surface area contributed by atoms with Gasteiger partial charge in [0.15, 0.2) is 0 Å². The van der Waals surface area contributed by atoms with E-state index in [4.69, 9.17) is 0 Å². The first-order valence-electron chi connectivity index (χ1n) is 8.47. The summed E-state index contributed by atoms with van der Waals surface area (Å²) in [6, 6.07) is 11.6. The minimum Gasteiger partial charge on any atom is -0.344 e. The summed E-state index contributed by atoms with van der Waals surface area (Å²) < 4.78 is 3.66. The van der Waals surface area contributed by atoms with Gasteiger partial charge in [-0.3, -0.25) is 9.48 Å². The number of para-hydroxylation sites is 1. The molecular weight excluding hydrogens is 314 g/mol. The molecule has 1 aromatic carbocycles. The standard InChI is InChI=1S/C19H23N5O/c1-5-23-12-11-17(22-23)13(2)20-19(25)18-14(3)21-24(15(18)4)16-9-7-6-8-10-16/h6-13H,5H2,1-4H3,(H,20,25). The fourth-order valence-electron chi connectivity index (χ4n) is 2.92. The van der Waals surface area contributed by atoms with Gasteiger partial charge in [0.1, 0.15) is 0 Å². The molecule has 6 heteroatoms. The van der Waals surface area contributed by atoms with E-state index >= 15 is 0 Å². The van der Waals surface area contributed by atoms with Crippen LogP contribution in [0.5, 0.6) is 0 Å². The van der Waals surface area contributed by atoms with Gasteiger partial charge < -0.3 is 5.32 Å². The molecule has 2 heterocycles. The van der Waals surface area contributed by atoms with Crippen LogP contribution in [0, 0.1) is 13.8 Å². The van der Waals surface area contributed by atoms with E-state index in [0.717, 1.165) is 23.6 Å². The molecule has 0 aliphatic heterocycles. The monoisotopic (exact) mass is 337 g/mol. The van der Waals surface area contributed by atoms with Crippen LogP contribution in [0.2, 0.25) is 0 Å². The summed E-state index contributed by atoms with van der Waals surface area (Å²) in [6.45, 7) is 8.55. The Morgan fingerprint density at radius 3 is 2.52 bits per heavy atom. The highest BCUT2D eigenvalue weighted by Gasteiger charge is 2.21. The summed E-state index contributed by atoms with van der Waals surface area (Å²) in [4.78, 5) is 12.8. The predicted octanol–water partition coefficient (Wildman–Crippen LogP) is 3.20. The number of carbonyl (C=O) groups excluding carboxylic acids is 1. The number of nitrogens with one attached hydrogen (secondary N) is 1. The van der Waals surface area contributed by atoms with Crippen LogP contribution in [0.3, 0.4) is 0 Å². The molecule has 0 bridgehead atoms. The number of hydrogen-bond donors (Lipinski definition) is 1. The van der Waals surface area contributed by atoms with Crippen LogP contribution < -0.4 is 5.32 Å². The highest BCUT2D eigenvalue weighted by atomic mass is 16.1. The zero-order chi connectivity index (χ0) is 18.0. The van der Waals surface area contributed by atoms with Crippen LogP contribution in [0.1, 0.15) is 47.3 Å². The van der Waals surface area contributed by atoms with Crippen LogP contribution in [-0.2, 0) is 6.54 Å². The molecule has 0 saturated heterocycles. The molecular formula is C19H23N5O. The molecule has 0 radical (unpaired) electrons. The molecule has 130 valence electrons. The van der Waals surface area contributed by atoms with Crippen LogP contribution >= 0.6 is 0 Å². The molecule has 0 spiro atoms. The van der Waals surface area contributed by atoms with Crippen molar-refractivity contribution in [1.82, 2.24) is 24.9 Å². The Labute approximate surface area is 147 Å². The van der Waals surface area contributed by atoms with Crippen molar-refractivity contribution in [3.63, 3.8) is 0 Å². The van der Waals surface area contributed by atoms with Gasteiger partial charge in [-0.05, 0) is 45.9 Å². The van der Waals surface area contributed by atoms with Crippen molar-refractivity contribution in [3.05, 3.63) is 65.2 Å². The quantitative estimate of drug-likeness (QED) is 0.777. The lowest BCUT2D eigenvalue weighted by atomic mass is 10.1. The van der Waals surface area contributed by atoms with E-state index in [1.165, 1.54) is 0 Å². The van der Waals surface area contributed by atoms with Crippen molar-refractivity contribution in [1.29, 1.82) is 0 Å². The number of amides is 1. The zero-order valence-corrected chi connectivity index (χ0v) is 15.0. The third-order valence-corrected chi connectivity index (χ3v) is 4.30. The topological polar surface area (TPSA) is 64.7 Å². The Hall–Kier alpha value is -2.89. The Morgan fingerprint density at radius 2 is 1.88 bits per heavy atom. The predicted molar refractivity (Wildman–Crippen MR) is 96.8 cm³/mol. The Morgan fingerprint density at radius 1 is 1.16 bits per heavy atom. The fraction of sp³-hybridized carbons (Fsp3) is 0.316. The summed E-state index contributed by atoms with van der Waals surface area (Å²) in [6.07, 6.45) is 1.92. The van der Waals surface area contributed by atoms with E-state index in [9.17, 15) is 4.79 Å². The number of carbonyl (C=O) groups is 1. The van der Waals surface area contributed by atoms with Crippen molar-refractivity contribution < 1.29 is 4.79 Å². The molecule has 6 nitrogen and oxygen atoms in total. The maximum Gasteiger partial charge on any atom is 0.255 e. The molecule has 3 aromatic rings. The molecule has 0 aliphatic rings. The smallest absolute Gasteiger partial charge is 0.255 e. The molecule has 1 atom stereocenters. The first kappa shape index (κ1) is 17.0. The van der Waals surface area contributed by atoms with Crippen molar-refractivity contribution in [3.8, 4) is 5.69 Å².